The quantitative estimate of drug-likeness (QED) is 0.800. The third kappa shape index (κ3) is 3.00. The van der Waals surface area contributed by atoms with Crippen LogP contribution < -0.4 is 4.90 Å². The maximum Gasteiger partial charge on any atom is 0.405 e. The van der Waals surface area contributed by atoms with Gasteiger partial charge < -0.3 is 9.30 Å². The van der Waals surface area contributed by atoms with Gasteiger partial charge in [-0.05, 0) is 26.0 Å². The lowest BCUT2D eigenvalue weighted by molar-refractivity contribution is -0.120. The minimum absolute atomic E-state index is 0.0988. The van der Waals surface area contributed by atoms with Gasteiger partial charge in [0.05, 0.1) is 11.6 Å². The lowest BCUT2D eigenvalue weighted by Gasteiger charge is -2.28. The zero-order chi connectivity index (χ0) is 14.9. The van der Waals surface area contributed by atoms with Gasteiger partial charge in [0.2, 0.25) is 0 Å². The molecule has 0 aliphatic carbocycles. The SMILES string of the molecule is CC(C)N(CC(F)(F)F)c1nc2ccccn2c1CCl. The molecule has 0 unspecified atom stereocenters. The molecule has 0 saturated heterocycles. The molecule has 2 aromatic rings. The van der Waals surface area contributed by atoms with Crippen molar-refractivity contribution in [1.82, 2.24) is 9.38 Å². The summed E-state index contributed by atoms with van der Waals surface area (Å²) in [5.41, 5.74) is 1.16. The van der Waals surface area contributed by atoms with Crippen LogP contribution in [0.3, 0.4) is 0 Å². The first-order valence-electron chi connectivity index (χ1n) is 6.19. The predicted octanol–water partition coefficient (Wildman–Crippen LogP) is 3.85. The molecule has 0 aliphatic rings. The molecule has 0 radical (unpaired) electrons. The highest BCUT2D eigenvalue weighted by Gasteiger charge is 2.34. The molecule has 110 valence electrons. The summed E-state index contributed by atoms with van der Waals surface area (Å²) in [7, 11) is 0. The summed E-state index contributed by atoms with van der Waals surface area (Å²) in [5, 5.41) is 0. The first kappa shape index (κ1) is 15.0. The van der Waals surface area contributed by atoms with Crippen molar-refractivity contribution in [3.8, 4) is 0 Å². The predicted molar refractivity (Wildman–Crippen MR) is 73.3 cm³/mol. The van der Waals surface area contributed by atoms with Gasteiger partial charge in [-0.15, -0.1) is 11.6 Å². The molecule has 0 aliphatic heterocycles. The van der Waals surface area contributed by atoms with Crippen LogP contribution in [0.2, 0.25) is 0 Å². The fraction of sp³-hybridized carbons (Fsp3) is 0.462. The average Bonchev–Trinajstić information content (AvgIpc) is 2.72. The van der Waals surface area contributed by atoms with Gasteiger partial charge in [-0.3, -0.25) is 0 Å². The second-order valence-electron chi connectivity index (χ2n) is 4.78. The number of nitrogens with zero attached hydrogens (tertiary/aromatic N) is 3. The van der Waals surface area contributed by atoms with Gasteiger partial charge in [-0.25, -0.2) is 4.98 Å². The number of imidazole rings is 1. The number of anilines is 1. The number of fused-ring (bicyclic) bond motifs is 1. The molecule has 2 rings (SSSR count). The third-order valence-electron chi connectivity index (χ3n) is 2.98. The van der Waals surface area contributed by atoms with Crippen molar-refractivity contribution >= 4 is 23.1 Å². The zero-order valence-corrected chi connectivity index (χ0v) is 11.9. The van der Waals surface area contributed by atoms with Crippen LogP contribution in [0.5, 0.6) is 0 Å². The molecule has 0 spiro atoms. The minimum atomic E-state index is -4.29. The van der Waals surface area contributed by atoms with Crippen LogP contribution in [0.25, 0.3) is 5.65 Å². The van der Waals surface area contributed by atoms with Gasteiger partial charge in [0, 0.05) is 12.2 Å². The lowest BCUT2D eigenvalue weighted by atomic mass is 10.3. The van der Waals surface area contributed by atoms with Crippen LogP contribution in [-0.4, -0.2) is 28.1 Å². The molecule has 0 N–H and O–H groups in total. The number of aromatic nitrogens is 2. The van der Waals surface area contributed by atoms with Gasteiger partial charge in [0.1, 0.15) is 12.2 Å². The van der Waals surface area contributed by atoms with Gasteiger partial charge in [0.15, 0.2) is 5.82 Å². The number of hydrogen-bond donors (Lipinski definition) is 0. The highest BCUT2D eigenvalue weighted by Crippen LogP contribution is 2.28. The van der Waals surface area contributed by atoms with E-state index >= 15 is 0 Å². The standard InChI is InChI=1S/C13H15ClF3N3/c1-9(2)20(8-13(15,16)17)12-10(7-14)19-6-4-3-5-11(19)18-12/h3-6,9H,7-8H2,1-2H3. The molecule has 0 saturated carbocycles. The smallest absolute Gasteiger partial charge is 0.344 e. The topological polar surface area (TPSA) is 20.5 Å². The average molecular weight is 306 g/mol. The molecular weight excluding hydrogens is 291 g/mol. The molecule has 0 atom stereocenters. The monoisotopic (exact) mass is 305 g/mol. The number of halogens is 4. The van der Waals surface area contributed by atoms with Crippen molar-refractivity contribution < 1.29 is 13.2 Å². The summed E-state index contributed by atoms with van der Waals surface area (Å²) in [6.07, 6.45) is -2.54. The van der Waals surface area contributed by atoms with E-state index in [0.29, 0.717) is 17.2 Å². The van der Waals surface area contributed by atoms with E-state index in [4.69, 9.17) is 11.6 Å². The fourth-order valence-corrected chi connectivity index (χ4v) is 2.33. The summed E-state index contributed by atoms with van der Waals surface area (Å²) in [6, 6.07) is 4.99. The van der Waals surface area contributed by atoms with Crippen molar-refractivity contribution in [2.75, 3.05) is 11.4 Å². The zero-order valence-electron chi connectivity index (χ0n) is 11.2. The Labute approximate surface area is 120 Å². The molecule has 7 heteroatoms. The lowest BCUT2D eigenvalue weighted by Crippen LogP contribution is -2.39. The molecule has 2 aromatic heterocycles. The van der Waals surface area contributed by atoms with Gasteiger partial charge in [-0.2, -0.15) is 13.2 Å². The van der Waals surface area contributed by atoms with Crippen molar-refractivity contribution in [2.24, 2.45) is 0 Å². The van der Waals surface area contributed by atoms with Crippen molar-refractivity contribution in [1.29, 1.82) is 0 Å². The third-order valence-corrected chi connectivity index (χ3v) is 3.23. The fourth-order valence-electron chi connectivity index (χ4n) is 2.08. The normalized spacial score (nSPS) is 12.3. The van der Waals surface area contributed by atoms with E-state index in [1.165, 1.54) is 4.90 Å². The van der Waals surface area contributed by atoms with E-state index in [0.717, 1.165) is 0 Å². The number of pyridine rings is 1. The van der Waals surface area contributed by atoms with E-state index in [-0.39, 0.29) is 11.9 Å². The Balaban J connectivity index is 2.53. The van der Waals surface area contributed by atoms with E-state index in [1.54, 1.807) is 42.6 Å². The molecule has 3 nitrogen and oxygen atoms in total. The van der Waals surface area contributed by atoms with Crippen LogP contribution in [0, 0.1) is 0 Å². The number of rotatable bonds is 4. The molecule has 0 amide bonds. The highest BCUT2D eigenvalue weighted by molar-refractivity contribution is 6.17. The van der Waals surface area contributed by atoms with Gasteiger partial charge >= 0.3 is 6.18 Å². The van der Waals surface area contributed by atoms with Crippen LogP contribution >= 0.6 is 11.6 Å². The first-order chi connectivity index (χ1) is 9.33. The van der Waals surface area contributed by atoms with Crippen LogP contribution in [-0.2, 0) is 5.88 Å². The molecule has 0 fully saturated rings. The maximum atomic E-state index is 12.7. The van der Waals surface area contributed by atoms with E-state index < -0.39 is 12.7 Å². The van der Waals surface area contributed by atoms with E-state index in [2.05, 4.69) is 4.98 Å². The van der Waals surface area contributed by atoms with Crippen LogP contribution in [0.15, 0.2) is 24.4 Å². The van der Waals surface area contributed by atoms with Crippen LogP contribution in [0.4, 0.5) is 19.0 Å². The number of hydrogen-bond acceptors (Lipinski definition) is 2. The van der Waals surface area contributed by atoms with Crippen molar-refractivity contribution in [2.45, 2.75) is 31.9 Å². The molecule has 2 heterocycles. The highest BCUT2D eigenvalue weighted by atomic mass is 35.5. The first-order valence-corrected chi connectivity index (χ1v) is 6.72. The summed E-state index contributed by atoms with van der Waals surface area (Å²) < 4.78 is 39.9. The van der Waals surface area contributed by atoms with Gasteiger partial charge in [0.25, 0.3) is 0 Å². The van der Waals surface area contributed by atoms with Crippen molar-refractivity contribution in [3.63, 3.8) is 0 Å². The summed E-state index contributed by atoms with van der Waals surface area (Å²) >= 11 is 5.90. The van der Waals surface area contributed by atoms with E-state index in [9.17, 15) is 13.2 Å². The second-order valence-corrected chi connectivity index (χ2v) is 5.05. The maximum absolute atomic E-state index is 12.7. The largest absolute Gasteiger partial charge is 0.405 e. The Morgan fingerprint density at radius 1 is 1.35 bits per heavy atom. The summed E-state index contributed by atoms with van der Waals surface area (Å²) in [4.78, 5) is 5.52. The minimum Gasteiger partial charge on any atom is -0.344 e. The Morgan fingerprint density at radius 3 is 2.60 bits per heavy atom. The Kier molecular flexibility index (Phi) is 4.13. The van der Waals surface area contributed by atoms with Crippen molar-refractivity contribution in [3.05, 3.63) is 30.1 Å². The summed E-state index contributed by atoms with van der Waals surface area (Å²) in [6.45, 7) is 2.36. The Hall–Kier alpha value is -1.43. The second kappa shape index (κ2) is 5.52. The van der Waals surface area contributed by atoms with E-state index in [1.807, 2.05) is 0 Å². The Bertz CT molecular complexity index is 592. The number of alkyl halides is 4. The molecular formula is C13H15ClF3N3. The Morgan fingerprint density at radius 2 is 2.05 bits per heavy atom. The molecule has 0 bridgehead atoms. The molecule has 20 heavy (non-hydrogen) atoms. The van der Waals surface area contributed by atoms with Crippen LogP contribution in [0.1, 0.15) is 19.5 Å². The molecule has 0 aromatic carbocycles. The van der Waals surface area contributed by atoms with Gasteiger partial charge in [-0.1, -0.05) is 6.07 Å². The summed E-state index contributed by atoms with van der Waals surface area (Å²) in [5.74, 6) is 0.389.